The maximum atomic E-state index is 11.5. The molecule has 2 N–H and O–H groups in total. The zero-order chi connectivity index (χ0) is 11.5. The lowest BCUT2D eigenvalue weighted by molar-refractivity contribution is -0.120. The van der Waals surface area contributed by atoms with Crippen LogP contribution in [0.4, 0.5) is 5.95 Å². The Hall–Kier alpha value is -1.52. The van der Waals surface area contributed by atoms with Crippen LogP contribution in [0, 0.1) is 0 Å². The van der Waals surface area contributed by atoms with Gasteiger partial charge >= 0.3 is 0 Å². The Morgan fingerprint density at radius 1 is 1.53 bits per heavy atom. The first-order valence-electron chi connectivity index (χ1n) is 4.91. The Balaban J connectivity index is 2.38. The molecule has 1 heterocycles. The highest BCUT2D eigenvalue weighted by Gasteiger charge is 2.13. The highest BCUT2D eigenvalue weighted by atomic mass is 16.2. The molecule has 84 valence electrons. The number of hydrogen-bond donors (Lipinski definition) is 2. The van der Waals surface area contributed by atoms with Gasteiger partial charge < -0.3 is 15.2 Å². The molecule has 15 heavy (non-hydrogen) atoms. The van der Waals surface area contributed by atoms with Gasteiger partial charge in [-0.05, 0) is 20.8 Å². The van der Waals surface area contributed by atoms with Crippen molar-refractivity contribution < 1.29 is 4.79 Å². The average molecular weight is 210 g/mol. The predicted octanol–water partition coefficient (Wildman–Crippen LogP) is 0.747. The molecule has 1 rings (SSSR count). The van der Waals surface area contributed by atoms with E-state index < -0.39 is 0 Å². The molecule has 0 unspecified atom stereocenters. The van der Waals surface area contributed by atoms with Crippen LogP contribution in [0.2, 0.25) is 0 Å². The normalized spacial score (nSPS) is 11.2. The zero-order valence-corrected chi connectivity index (χ0v) is 9.66. The lowest BCUT2D eigenvalue weighted by Gasteiger charge is -2.20. The molecule has 0 bridgehead atoms. The number of hydrogen-bond acceptors (Lipinski definition) is 3. The summed E-state index contributed by atoms with van der Waals surface area (Å²) in [5.74, 6) is 0.657. The SMILES string of the molecule is Cn1ccnc1NCC(=O)NC(C)(C)C. The van der Waals surface area contributed by atoms with Crippen LogP contribution in [0.15, 0.2) is 12.4 Å². The van der Waals surface area contributed by atoms with Crippen LogP contribution in [-0.2, 0) is 11.8 Å². The van der Waals surface area contributed by atoms with E-state index >= 15 is 0 Å². The molecule has 0 saturated heterocycles. The second-order valence-electron chi connectivity index (χ2n) is 4.51. The van der Waals surface area contributed by atoms with Crippen molar-refractivity contribution in [2.75, 3.05) is 11.9 Å². The number of imidazole rings is 1. The molecule has 0 radical (unpaired) electrons. The number of aromatic nitrogens is 2. The summed E-state index contributed by atoms with van der Waals surface area (Å²) in [4.78, 5) is 15.5. The Labute approximate surface area is 89.9 Å². The minimum Gasteiger partial charge on any atom is -0.350 e. The Bertz CT molecular complexity index is 337. The van der Waals surface area contributed by atoms with E-state index in [4.69, 9.17) is 0 Å². The third-order valence-corrected chi connectivity index (χ3v) is 1.74. The fraction of sp³-hybridized carbons (Fsp3) is 0.600. The third kappa shape index (κ3) is 4.01. The minimum absolute atomic E-state index is 0.0366. The molecular weight excluding hydrogens is 192 g/mol. The number of rotatable bonds is 3. The first kappa shape index (κ1) is 11.6. The zero-order valence-electron chi connectivity index (χ0n) is 9.66. The van der Waals surface area contributed by atoms with Crippen molar-refractivity contribution in [2.45, 2.75) is 26.3 Å². The molecule has 1 aromatic rings. The summed E-state index contributed by atoms with van der Waals surface area (Å²) in [5, 5.41) is 5.82. The summed E-state index contributed by atoms with van der Waals surface area (Å²) in [5.41, 5.74) is -0.194. The van der Waals surface area contributed by atoms with Crippen molar-refractivity contribution in [1.82, 2.24) is 14.9 Å². The number of nitrogens with one attached hydrogen (secondary N) is 2. The molecule has 5 nitrogen and oxygen atoms in total. The molecule has 0 saturated carbocycles. The van der Waals surface area contributed by atoms with Gasteiger partial charge in [0.05, 0.1) is 6.54 Å². The van der Waals surface area contributed by atoms with Crippen LogP contribution >= 0.6 is 0 Å². The lowest BCUT2D eigenvalue weighted by atomic mass is 10.1. The first-order valence-corrected chi connectivity index (χ1v) is 4.91. The summed E-state index contributed by atoms with van der Waals surface area (Å²) in [7, 11) is 1.87. The van der Waals surface area contributed by atoms with Gasteiger partial charge in [-0.3, -0.25) is 4.79 Å². The number of nitrogens with zero attached hydrogens (tertiary/aromatic N) is 2. The summed E-state index contributed by atoms with van der Waals surface area (Å²) < 4.78 is 1.82. The van der Waals surface area contributed by atoms with Crippen molar-refractivity contribution in [3.8, 4) is 0 Å². The smallest absolute Gasteiger partial charge is 0.239 e. The summed E-state index contributed by atoms with van der Waals surface area (Å²) >= 11 is 0. The molecule has 0 spiro atoms. The lowest BCUT2D eigenvalue weighted by Crippen LogP contribution is -2.43. The molecule has 0 fully saturated rings. The number of anilines is 1. The van der Waals surface area contributed by atoms with E-state index in [2.05, 4.69) is 15.6 Å². The van der Waals surface area contributed by atoms with Crippen molar-refractivity contribution in [3.63, 3.8) is 0 Å². The van der Waals surface area contributed by atoms with Gasteiger partial charge in [0, 0.05) is 25.0 Å². The molecule has 0 aliphatic rings. The minimum atomic E-state index is -0.194. The molecule has 0 aromatic carbocycles. The number of carbonyl (C=O) groups excluding carboxylic acids is 1. The summed E-state index contributed by atoms with van der Waals surface area (Å²) in [6.07, 6.45) is 3.51. The second kappa shape index (κ2) is 4.33. The molecule has 0 aliphatic heterocycles. The van der Waals surface area contributed by atoms with Crippen molar-refractivity contribution in [2.24, 2.45) is 7.05 Å². The monoisotopic (exact) mass is 210 g/mol. The molecule has 0 atom stereocenters. The van der Waals surface area contributed by atoms with Crippen molar-refractivity contribution >= 4 is 11.9 Å². The fourth-order valence-electron chi connectivity index (χ4n) is 1.16. The average Bonchev–Trinajstić information content (AvgIpc) is 2.44. The van der Waals surface area contributed by atoms with E-state index in [0.29, 0.717) is 5.95 Å². The standard InChI is InChI=1S/C10H18N4O/c1-10(2,3)13-8(15)7-12-9-11-5-6-14(9)4/h5-6H,7H2,1-4H3,(H,11,12)(H,13,15). The summed E-state index contributed by atoms with van der Waals surface area (Å²) in [6.45, 7) is 6.09. The van der Waals surface area contributed by atoms with E-state index in [1.54, 1.807) is 6.20 Å². The van der Waals surface area contributed by atoms with Crippen LogP contribution < -0.4 is 10.6 Å². The van der Waals surface area contributed by atoms with E-state index in [-0.39, 0.29) is 18.0 Å². The molecular formula is C10H18N4O. The van der Waals surface area contributed by atoms with Gasteiger partial charge in [-0.25, -0.2) is 4.98 Å². The van der Waals surface area contributed by atoms with E-state index in [1.165, 1.54) is 0 Å². The van der Waals surface area contributed by atoms with Crippen LogP contribution in [0.25, 0.3) is 0 Å². The predicted molar refractivity (Wildman–Crippen MR) is 59.6 cm³/mol. The van der Waals surface area contributed by atoms with Crippen molar-refractivity contribution in [3.05, 3.63) is 12.4 Å². The Morgan fingerprint density at radius 3 is 2.67 bits per heavy atom. The fourth-order valence-corrected chi connectivity index (χ4v) is 1.16. The van der Waals surface area contributed by atoms with Gasteiger partial charge in [0.2, 0.25) is 11.9 Å². The number of aryl methyl sites for hydroxylation is 1. The van der Waals surface area contributed by atoms with Crippen molar-refractivity contribution in [1.29, 1.82) is 0 Å². The highest BCUT2D eigenvalue weighted by molar-refractivity contribution is 5.80. The second-order valence-corrected chi connectivity index (χ2v) is 4.51. The highest BCUT2D eigenvalue weighted by Crippen LogP contribution is 2.01. The topological polar surface area (TPSA) is 59.0 Å². The number of amides is 1. The van der Waals surface area contributed by atoms with E-state index in [9.17, 15) is 4.79 Å². The molecule has 5 heteroatoms. The van der Waals surface area contributed by atoms with Crippen LogP contribution in [0.3, 0.4) is 0 Å². The maximum absolute atomic E-state index is 11.5. The van der Waals surface area contributed by atoms with E-state index in [1.807, 2.05) is 38.6 Å². The van der Waals surface area contributed by atoms with E-state index in [0.717, 1.165) is 0 Å². The van der Waals surface area contributed by atoms with Gasteiger partial charge in [-0.2, -0.15) is 0 Å². The molecule has 1 amide bonds. The van der Waals surface area contributed by atoms with Crippen LogP contribution in [0.1, 0.15) is 20.8 Å². The molecule has 1 aromatic heterocycles. The first-order chi connectivity index (χ1) is 6.88. The third-order valence-electron chi connectivity index (χ3n) is 1.74. The van der Waals surface area contributed by atoms with Gasteiger partial charge in [-0.15, -0.1) is 0 Å². The van der Waals surface area contributed by atoms with Gasteiger partial charge in [0.25, 0.3) is 0 Å². The van der Waals surface area contributed by atoms with Gasteiger partial charge in [0.15, 0.2) is 0 Å². The Kier molecular flexibility index (Phi) is 3.34. The van der Waals surface area contributed by atoms with Gasteiger partial charge in [0.1, 0.15) is 0 Å². The Morgan fingerprint density at radius 2 is 2.20 bits per heavy atom. The summed E-state index contributed by atoms with van der Waals surface area (Å²) in [6, 6.07) is 0. The largest absolute Gasteiger partial charge is 0.350 e. The molecule has 0 aliphatic carbocycles. The number of carbonyl (C=O) groups is 1. The van der Waals surface area contributed by atoms with Crippen LogP contribution in [0.5, 0.6) is 0 Å². The quantitative estimate of drug-likeness (QED) is 0.774. The van der Waals surface area contributed by atoms with Crippen LogP contribution in [-0.4, -0.2) is 27.5 Å². The van der Waals surface area contributed by atoms with Gasteiger partial charge in [-0.1, -0.05) is 0 Å². The maximum Gasteiger partial charge on any atom is 0.239 e.